The molecule has 23 heavy (non-hydrogen) atoms. The second-order valence-corrected chi connectivity index (χ2v) is 6.32. The van der Waals surface area contributed by atoms with Crippen molar-refractivity contribution in [2.24, 2.45) is 5.92 Å². The molecule has 4 N–H and O–H groups in total. The second-order valence-electron chi connectivity index (χ2n) is 5.07. The largest absolute Gasteiger partial charge is 0.511 e. The number of aliphatic hydroxyl groups is 1. The Morgan fingerprint density at radius 3 is 2.57 bits per heavy atom. The highest BCUT2D eigenvalue weighted by Gasteiger charge is 2.32. The van der Waals surface area contributed by atoms with Crippen LogP contribution in [0.5, 0.6) is 0 Å². The normalized spacial score (nSPS) is 17.6. The van der Waals surface area contributed by atoms with Gasteiger partial charge in [0.2, 0.25) is 0 Å². The molecule has 0 fully saturated rings. The van der Waals surface area contributed by atoms with E-state index in [1.54, 1.807) is 0 Å². The van der Waals surface area contributed by atoms with E-state index in [9.17, 15) is 19.5 Å². The molecule has 0 saturated carbocycles. The molecule has 0 aromatic heterocycles. The summed E-state index contributed by atoms with van der Waals surface area (Å²) >= 11 is 2.18. The molecule has 1 aliphatic heterocycles. The summed E-state index contributed by atoms with van der Waals surface area (Å²) < 4.78 is 1.08. The number of carbonyl (C=O) groups excluding carboxylic acids is 2. The van der Waals surface area contributed by atoms with Gasteiger partial charge in [-0.1, -0.05) is 12.1 Å². The number of rotatable bonds is 5. The highest BCUT2D eigenvalue weighted by Crippen LogP contribution is 2.22. The molecule has 1 unspecified atom stereocenters. The molecular weight excluding hydrogens is 415 g/mol. The molecule has 1 aromatic carbocycles. The van der Waals surface area contributed by atoms with Crippen LogP contribution in [0.25, 0.3) is 0 Å². The van der Waals surface area contributed by atoms with Crippen LogP contribution in [0.3, 0.4) is 0 Å². The fourth-order valence-corrected chi connectivity index (χ4v) is 2.62. The first kappa shape index (κ1) is 17.3. The Labute approximate surface area is 145 Å². The van der Waals surface area contributed by atoms with Gasteiger partial charge in [-0.25, -0.2) is 0 Å². The number of benzene rings is 1. The number of halogens is 1. The SMILES string of the molecule is O=C(O)CNC(=O)C1=C(O)C(Cc2ccc(I)cc2)CNC1=O. The number of hydrogen-bond acceptors (Lipinski definition) is 4. The molecule has 1 atom stereocenters. The number of amides is 2. The highest BCUT2D eigenvalue weighted by atomic mass is 127. The Bertz CT molecular complexity index is 669. The number of aliphatic carboxylic acids is 1. The number of carbonyl (C=O) groups is 3. The van der Waals surface area contributed by atoms with Gasteiger partial charge in [-0.3, -0.25) is 14.4 Å². The summed E-state index contributed by atoms with van der Waals surface area (Å²) in [6.07, 6.45) is 0.457. The third kappa shape index (κ3) is 4.44. The van der Waals surface area contributed by atoms with Gasteiger partial charge in [-0.2, -0.15) is 0 Å². The molecule has 2 amide bonds. The molecule has 122 valence electrons. The summed E-state index contributed by atoms with van der Waals surface area (Å²) in [5, 5.41) is 23.5. The van der Waals surface area contributed by atoms with Crippen molar-refractivity contribution in [3.63, 3.8) is 0 Å². The number of nitrogens with one attached hydrogen (secondary N) is 2. The summed E-state index contributed by atoms with van der Waals surface area (Å²) in [5.41, 5.74) is 0.538. The zero-order valence-electron chi connectivity index (χ0n) is 12.0. The predicted molar refractivity (Wildman–Crippen MR) is 89.7 cm³/mol. The second kappa shape index (κ2) is 7.44. The maximum Gasteiger partial charge on any atom is 0.322 e. The van der Waals surface area contributed by atoms with Crippen LogP contribution in [0.4, 0.5) is 0 Å². The Hall–Kier alpha value is -2.10. The van der Waals surface area contributed by atoms with Gasteiger partial charge < -0.3 is 20.8 Å². The Kier molecular flexibility index (Phi) is 5.59. The van der Waals surface area contributed by atoms with E-state index in [4.69, 9.17) is 5.11 Å². The average molecular weight is 430 g/mol. The van der Waals surface area contributed by atoms with Gasteiger partial charge in [0, 0.05) is 16.0 Å². The van der Waals surface area contributed by atoms with Crippen LogP contribution in [0, 0.1) is 9.49 Å². The molecule has 0 aliphatic carbocycles. The lowest BCUT2D eigenvalue weighted by Gasteiger charge is -2.24. The van der Waals surface area contributed by atoms with Gasteiger partial charge in [0.05, 0.1) is 0 Å². The minimum atomic E-state index is -1.23. The third-order valence-electron chi connectivity index (χ3n) is 3.40. The van der Waals surface area contributed by atoms with Crippen molar-refractivity contribution in [2.75, 3.05) is 13.1 Å². The molecule has 1 aromatic rings. The van der Waals surface area contributed by atoms with Crippen molar-refractivity contribution in [3.05, 3.63) is 44.7 Å². The van der Waals surface area contributed by atoms with Gasteiger partial charge in [0.25, 0.3) is 11.8 Å². The van der Waals surface area contributed by atoms with Crippen LogP contribution in [0.2, 0.25) is 0 Å². The van der Waals surface area contributed by atoms with E-state index in [2.05, 4.69) is 33.2 Å². The molecular formula is C15H15IN2O5. The maximum absolute atomic E-state index is 11.9. The summed E-state index contributed by atoms with van der Waals surface area (Å²) in [4.78, 5) is 34.2. The van der Waals surface area contributed by atoms with Gasteiger partial charge in [0.15, 0.2) is 0 Å². The summed E-state index contributed by atoms with van der Waals surface area (Å²) in [6.45, 7) is -0.406. The van der Waals surface area contributed by atoms with Crippen molar-refractivity contribution < 1.29 is 24.6 Å². The van der Waals surface area contributed by atoms with Crippen molar-refractivity contribution in [1.29, 1.82) is 0 Å². The first-order chi connectivity index (χ1) is 10.9. The van der Waals surface area contributed by atoms with Crippen LogP contribution >= 0.6 is 22.6 Å². The zero-order chi connectivity index (χ0) is 17.0. The molecule has 0 radical (unpaired) electrons. The predicted octanol–water partition coefficient (Wildman–Crippen LogP) is 0.593. The van der Waals surface area contributed by atoms with E-state index in [0.717, 1.165) is 9.13 Å². The Morgan fingerprint density at radius 2 is 1.96 bits per heavy atom. The molecule has 0 bridgehead atoms. The Balaban J connectivity index is 2.18. The van der Waals surface area contributed by atoms with E-state index >= 15 is 0 Å². The first-order valence-electron chi connectivity index (χ1n) is 6.84. The number of hydrogen-bond donors (Lipinski definition) is 4. The van der Waals surface area contributed by atoms with Crippen LogP contribution < -0.4 is 10.6 Å². The molecule has 1 aliphatic rings. The zero-order valence-corrected chi connectivity index (χ0v) is 14.2. The van der Waals surface area contributed by atoms with E-state index in [1.165, 1.54) is 0 Å². The lowest BCUT2D eigenvalue weighted by atomic mass is 9.91. The molecule has 7 nitrogen and oxygen atoms in total. The van der Waals surface area contributed by atoms with Crippen LogP contribution in [0.15, 0.2) is 35.6 Å². The third-order valence-corrected chi connectivity index (χ3v) is 4.12. The van der Waals surface area contributed by atoms with E-state index < -0.39 is 35.8 Å². The summed E-state index contributed by atoms with van der Waals surface area (Å²) in [7, 11) is 0. The van der Waals surface area contributed by atoms with E-state index in [-0.39, 0.29) is 12.3 Å². The summed E-state index contributed by atoms with van der Waals surface area (Å²) in [6, 6.07) is 7.68. The van der Waals surface area contributed by atoms with Gasteiger partial charge >= 0.3 is 5.97 Å². The Morgan fingerprint density at radius 1 is 1.30 bits per heavy atom. The molecule has 2 rings (SSSR count). The molecule has 0 saturated heterocycles. The minimum Gasteiger partial charge on any atom is -0.511 e. The quantitative estimate of drug-likeness (QED) is 0.403. The smallest absolute Gasteiger partial charge is 0.322 e. The van der Waals surface area contributed by atoms with Crippen LogP contribution in [-0.4, -0.2) is 41.1 Å². The van der Waals surface area contributed by atoms with Gasteiger partial charge in [-0.05, 0) is 46.7 Å². The van der Waals surface area contributed by atoms with Crippen molar-refractivity contribution in [2.45, 2.75) is 6.42 Å². The van der Waals surface area contributed by atoms with Gasteiger partial charge in [-0.15, -0.1) is 0 Å². The fourth-order valence-electron chi connectivity index (χ4n) is 2.26. The number of carboxylic acids is 1. The average Bonchev–Trinajstić information content (AvgIpc) is 2.50. The van der Waals surface area contributed by atoms with E-state index in [1.807, 2.05) is 24.3 Å². The highest BCUT2D eigenvalue weighted by molar-refractivity contribution is 14.1. The van der Waals surface area contributed by atoms with Gasteiger partial charge in [0.1, 0.15) is 17.9 Å². The standard InChI is InChI=1S/C15H15IN2O5/c16-10-3-1-8(2-4-10)5-9-6-17-14(22)12(13(9)21)15(23)18-7-11(19)20/h1-4,9,21H,5-7H2,(H,17,22)(H,18,23)(H,19,20). The lowest BCUT2D eigenvalue weighted by Crippen LogP contribution is -2.44. The minimum absolute atomic E-state index is 0.215. The van der Waals surface area contributed by atoms with E-state index in [0.29, 0.717) is 6.42 Å². The van der Waals surface area contributed by atoms with Crippen molar-refractivity contribution >= 4 is 40.4 Å². The molecule has 8 heteroatoms. The monoisotopic (exact) mass is 430 g/mol. The van der Waals surface area contributed by atoms with Crippen LogP contribution in [-0.2, 0) is 20.8 Å². The van der Waals surface area contributed by atoms with Crippen LogP contribution in [0.1, 0.15) is 5.56 Å². The number of aliphatic hydroxyl groups excluding tert-OH is 1. The maximum atomic E-state index is 11.9. The van der Waals surface area contributed by atoms with Crippen molar-refractivity contribution in [1.82, 2.24) is 10.6 Å². The number of carboxylic acid groups (broad SMARTS) is 1. The fraction of sp³-hybridized carbons (Fsp3) is 0.267. The van der Waals surface area contributed by atoms with Crippen molar-refractivity contribution in [3.8, 4) is 0 Å². The molecule has 1 heterocycles. The topological polar surface area (TPSA) is 116 Å². The lowest BCUT2D eigenvalue weighted by molar-refractivity contribution is -0.138. The first-order valence-corrected chi connectivity index (χ1v) is 7.92. The molecule has 0 spiro atoms. The summed E-state index contributed by atoms with van der Waals surface area (Å²) in [5.74, 6) is -3.57.